The molecule has 0 N–H and O–H groups in total. The zero-order valence-electron chi connectivity index (χ0n) is 15.6. The van der Waals surface area contributed by atoms with E-state index in [9.17, 15) is 4.79 Å². The summed E-state index contributed by atoms with van der Waals surface area (Å²) in [4.78, 5) is 19.3. The molecule has 0 spiro atoms. The van der Waals surface area contributed by atoms with Gasteiger partial charge in [0.1, 0.15) is 5.75 Å². The van der Waals surface area contributed by atoms with Gasteiger partial charge in [-0.05, 0) is 55.8 Å². The lowest BCUT2D eigenvalue weighted by molar-refractivity contribution is -0.113. The van der Waals surface area contributed by atoms with Crippen molar-refractivity contribution in [3.8, 4) is 5.75 Å². The van der Waals surface area contributed by atoms with Crippen LogP contribution in [0.3, 0.4) is 0 Å². The highest BCUT2D eigenvalue weighted by atomic mass is 32.2. The van der Waals surface area contributed by atoms with Crippen LogP contribution in [0, 0.1) is 0 Å². The molecule has 2 aliphatic rings. The number of unbranched alkanes of at least 4 members (excludes halogenated alkanes) is 1. The molecule has 3 rings (SSSR count). The molecule has 1 saturated heterocycles. The van der Waals surface area contributed by atoms with Crippen molar-refractivity contribution in [2.24, 2.45) is 4.99 Å². The maximum atomic E-state index is 12.3. The lowest BCUT2D eigenvalue weighted by Crippen LogP contribution is -2.47. The van der Waals surface area contributed by atoms with Gasteiger partial charge in [0.25, 0.3) is 5.91 Å². The van der Waals surface area contributed by atoms with E-state index in [1.54, 1.807) is 0 Å². The Morgan fingerprint density at radius 3 is 2.62 bits per heavy atom. The summed E-state index contributed by atoms with van der Waals surface area (Å²) in [7, 11) is 0. The van der Waals surface area contributed by atoms with Gasteiger partial charge < -0.3 is 14.4 Å². The van der Waals surface area contributed by atoms with Gasteiger partial charge in [0.2, 0.25) is 0 Å². The van der Waals surface area contributed by atoms with Gasteiger partial charge in [-0.3, -0.25) is 4.79 Å². The minimum atomic E-state index is -0.167. The molecule has 0 bridgehead atoms. The van der Waals surface area contributed by atoms with Crippen molar-refractivity contribution >= 4 is 28.9 Å². The molecule has 2 aliphatic heterocycles. The number of benzene rings is 1. The zero-order valence-corrected chi connectivity index (χ0v) is 16.4. The van der Waals surface area contributed by atoms with Crippen LogP contribution in [0.25, 0.3) is 6.08 Å². The van der Waals surface area contributed by atoms with Crippen molar-refractivity contribution in [1.29, 1.82) is 0 Å². The lowest BCUT2D eigenvalue weighted by Gasteiger charge is -2.35. The van der Waals surface area contributed by atoms with Crippen LogP contribution in [0.5, 0.6) is 5.75 Å². The zero-order chi connectivity index (χ0) is 18.5. The van der Waals surface area contributed by atoms with Crippen molar-refractivity contribution in [1.82, 2.24) is 4.90 Å². The second-order valence-electron chi connectivity index (χ2n) is 6.74. The number of rotatable bonds is 5. The minimum absolute atomic E-state index is 0.144. The molecule has 26 heavy (non-hydrogen) atoms. The van der Waals surface area contributed by atoms with E-state index in [0.29, 0.717) is 4.91 Å². The molecule has 0 radical (unpaired) electrons. The number of nitrogens with zero attached hydrogens (tertiary/aromatic N) is 2. The average Bonchev–Trinajstić information content (AvgIpc) is 2.97. The van der Waals surface area contributed by atoms with E-state index in [4.69, 9.17) is 9.47 Å². The van der Waals surface area contributed by atoms with E-state index in [2.05, 4.69) is 16.8 Å². The number of aliphatic imine (C=N–C) groups is 1. The topological polar surface area (TPSA) is 51.1 Å². The largest absolute Gasteiger partial charge is 0.494 e. The number of morpholine rings is 1. The van der Waals surface area contributed by atoms with E-state index < -0.39 is 0 Å². The molecule has 5 nitrogen and oxygen atoms in total. The summed E-state index contributed by atoms with van der Waals surface area (Å²) >= 11 is 1.45. The van der Waals surface area contributed by atoms with Gasteiger partial charge >= 0.3 is 0 Å². The van der Waals surface area contributed by atoms with Gasteiger partial charge in [0.05, 0.1) is 23.7 Å². The molecule has 140 valence electrons. The number of amidine groups is 1. The van der Waals surface area contributed by atoms with Crippen molar-refractivity contribution in [3.63, 3.8) is 0 Å². The van der Waals surface area contributed by atoms with Gasteiger partial charge in [-0.15, -0.1) is 0 Å². The highest BCUT2D eigenvalue weighted by Crippen LogP contribution is 2.31. The Kier molecular flexibility index (Phi) is 6.38. The molecule has 6 heteroatoms. The molecule has 0 aliphatic carbocycles. The monoisotopic (exact) mass is 374 g/mol. The van der Waals surface area contributed by atoms with Crippen molar-refractivity contribution in [3.05, 3.63) is 34.7 Å². The van der Waals surface area contributed by atoms with Crippen LogP contribution >= 0.6 is 11.8 Å². The standard InChI is InChI=1S/C20H26N2O3S/c1-4-5-10-24-17-8-6-16(7-9-17)11-18-19(23)21-20(26-18)22-12-14(2)25-15(3)13-22/h6-9,11,14-15H,4-5,10,12-13H2,1-3H3/b18-11-/t14-,15+. The molecule has 1 aromatic rings. The molecule has 2 heterocycles. The number of thioether (sulfide) groups is 1. The van der Waals surface area contributed by atoms with Crippen molar-refractivity contribution < 1.29 is 14.3 Å². The van der Waals surface area contributed by atoms with Crippen LogP contribution < -0.4 is 4.74 Å². The molecule has 0 saturated carbocycles. The van der Waals surface area contributed by atoms with E-state index in [-0.39, 0.29) is 18.1 Å². The second-order valence-corrected chi connectivity index (χ2v) is 7.75. The third-order valence-corrected chi connectivity index (χ3v) is 5.29. The first-order chi connectivity index (χ1) is 12.5. The SMILES string of the molecule is CCCCOc1ccc(/C=C2\SC(N3C[C@@H](C)O[C@@H](C)C3)=NC2=O)cc1. The fourth-order valence-electron chi connectivity index (χ4n) is 3.01. The third kappa shape index (κ3) is 4.89. The Hall–Kier alpha value is -1.79. The Balaban J connectivity index is 1.63. The van der Waals surface area contributed by atoms with E-state index in [1.807, 2.05) is 44.2 Å². The molecular formula is C20H26N2O3S. The molecule has 2 atom stereocenters. The number of hydrogen-bond acceptors (Lipinski definition) is 5. The fraction of sp³-hybridized carbons (Fsp3) is 0.500. The van der Waals surface area contributed by atoms with Crippen LogP contribution in [0.4, 0.5) is 0 Å². The van der Waals surface area contributed by atoms with E-state index >= 15 is 0 Å². The summed E-state index contributed by atoms with van der Waals surface area (Å²) in [6.07, 6.45) is 4.35. The average molecular weight is 375 g/mol. The first-order valence-electron chi connectivity index (χ1n) is 9.21. The Morgan fingerprint density at radius 2 is 1.96 bits per heavy atom. The predicted octanol–water partition coefficient (Wildman–Crippen LogP) is 3.95. The van der Waals surface area contributed by atoms with Gasteiger partial charge in [-0.2, -0.15) is 4.99 Å². The van der Waals surface area contributed by atoms with Crippen LogP contribution in [0.1, 0.15) is 39.2 Å². The highest BCUT2D eigenvalue weighted by Gasteiger charge is 2.30. The molecule has 0 aromatic heterocycles. The van der Waals surface area contributed by atoms with Gasteiger partial charge in [-0.25, -0.2) is 0 Å². The van der Waals surface area contributed by atoms with Crippen LogP contribution in [0.2, 0.25) is 0 Å². The highest BCUT2D eigenvalue weighted by molar-refractivity contribution is 8.18. The third-order valence-electron chi connectivity index (χ3n) is 4.24. The smallest absolute Gasteiger partial charge is 0.286 e. The summed E-state index contributed by atoms with van der Waals surface area (Å²) in [5.41, 5.74) is 0.976. The number of carbonyl (C=O) groups is 1. The molecule has 1 aromatic carbocycles. The normalized spacial score (nSPS) is 24.9. The summed E-state index contributed by atoms with van der Waals surface area (Å²) in [6, 6.07) is 7.83. The Bertz CT molecular complexity index is 690. The number of ether oxygens (including phenoxy) is 2. The second kappa shape index (κ2) is 8.73. The van der Waals surface area contributed by atoms with Crippen molar-refractivity contribution in [2.75, 3.05) is 19.7 Å². The molecule has 1 amide bonds. The Labute approximate surface area is 159 Å². The van der Waals surface area contributed by atoms with Gasteiger partial charge in [0.15, 0.2) is 5.17 Å². The summed E-state index contributed by atoms with van der Waals surface area (Å²) < 4.78 is 11.4. The van der Waals surface area contributed by atoms with Crippen LogP contribution in [-0.2, 0) is 9.53 Å². The predicted molar refractivity (Wildman–Crippen MR) is 106 cm³/mol. The lowest BCUT2D eigenvalue weighted by atomic mass is 10.2. The van der Waals surface area contributed by atoms with E-state index in [1.165, 1.54) is 11.8 Å². The minimum Gasteiger partial charge on any atom is -0.494 e. The van der Waals surface area contributed by atoms with Gasteiger partial charge in [-0.1, -0.05) is 25.5 Å². The molecular weight excluding hydrogens is 348 g/mol. The molecule has 1 fully saturated rings. The maximum Gasteiger partial charge on any atom is 0.286 e. The Morgan fingerprint density at radius 1 is 1.27 bits per heavy atom. The van der Waals surface area contributed by atoms with Crippen LogP contribution in [-0.4, -0.2) is 47.9 Å². The van der Waals surface area contributed by atoms with E-state index in [0.717, 1.165) is 49.0 Å². The van der Waals surface area contributed by atoms with Gasteiger partial charge in [0, 0.05) is 13.1 Å². The number of hydrogen-bond donors (Lipinski definition) is 0. The van der Waals surface area contributed by atoms with Crippen LogP contribution in [0.15, 0.2) is 34.2 Å². The first kappa shape index (κ1) is 19.0. The first-order valence-corrected chi connectivity index (χ1v) is 10.0. The number of carbonyl (C=O) groups excluding carboxylic acids is 1. The van der Waals surface area contributed by atoms with Crippen molar-refractivity contribution in [2.45, 2.75) is 45.8 Å². The summed E-state index contributed by atoms with van der Waals surface area (Å²) in [6.45, 7) is 8.50. The maximum absolute atomic E-state index is 12.3. The fourth-order valence-corrected chi connectivity index (χ4v) is 3.94. The summed E-state index contributed by atoms with van der Waals surface area (Å²) in [5, 5.41) is 0.780. The molecule has 0 unspecified atom stereocenters. The summed E-state index contributed by atoms with van der Waals surface area (Å²) in [5.74, 6) is 0.694. The quantitative estimate of drug-likeness (QED) is 0.577. The number of amides is 1.